The van der Waals surface area contributed by atoms with Gasteiger partial charge in [-0.1, -0.05) is 13.8 Å². The average Bonchev–Trinajstić information content (AvgIpc) is 2.71. The lowest BCUT2D eigenvalue weighted by Crippen LogP contribution is -2.24. The summed E-state index contributed by atoms with van der Waals surface area (Å²) in [6.07, 6.45) is 2.10. The van der Waals surface area contributed by atoms with Gasteiger partial charge in [0.25, 0.3) is 0 Å². The summed E-state index contributed by atoms with van der Waals surface area (Å²) in [6, 6.07) is 8.12. The summed E-state index contributed by atoms with van der Waals surface area (Å²) >= 11 is 0. The first kappa shape index (κ1) is 13.6. The second kappa shape index (κ2) is 5.89. The number of aromatic nitrogens is 1. The molecule has 0 aliphatic rings. The van der Waals surface area contributed by atoms with E-state index in [0.29, 0.717) is 12.5 Å². The second-order valence-corrected chi connectivity index (χ2v) is 5.21. The predicted molar refractivity (Wildman–Crippen MR) is 79.3 cm³/mol. The number of amides is 1. The quantitative estimate of drug-likeness (QED) is 0.866. The molecule has 1 amide bonds. The Hall–Kier alpha value is -1.81. The Morgan fingerprint density at radius 3 is 2.79 bits per heavy atom. The lowest BCUT2D eigenvalue weighted by molar-refractivity contribution is -0.115. The van der Waals surface area contributed by atoms with Crippen LogP contribution in [0.25, 0.3) is 10.9 Å². The van der Waals surface area contributed by atoms with Crippen molar-refractivity contribution in [2.75, 3.05) is 18.9 Å². The van der Waals surface area contributed by atoms with Crippen molar-refractivity contribution in [1.29, 1.82) is 0 Å². The molecule has 19 heavy (non-hydrogen) atoms. The van der Waals surface area contributed by atoms with Gasteiger partial charge in [0.05, 0.1) is 6.54 Å². The number of rotatable bonds is 5. The topological polar surface area (TPSA) is 46.1 Å². The van der Waals surface area contributed by atoms with Gasteiger partial charge in [0, 0.05) is 29.3 Å². The third-order valence-electron chi connectivity index (χ3n) is 2.95. The minimum atomic E-state index is -0.0246. The molecule has 1 aromatic heterocycles. The van der Waals surface area contributed by atoms with Crippen molar-refractivity contribution in [3.05, 3.63) is 30.5 Å². The summed E-state index contributed by atoms with van der Waals surface area (Å²) in [5.41, 5.74) is 2.05. The second-order valence-electron chi connectivity index (χ2n) is 5.21. The number of nitrogens with zero attached hydrogens (tertiary/aromatic N) is 1. The molecule has 2 N–H and O–H groups in total. The lowest BCUT2D eigenvalue weighted by Gasteiger charge is -2.09. The summed E-state index contributed by atoms with van der Waals surface area (Å²) in [5.74, 6) is 0.592. The average molecular weight is 259 g/mol. The van der Waals surface area contributed by atoms with Crippen molar-refractivity contribution >= 4 is 22.5 Å². The Morgan fingerprint density at radius 2 is 2.11 bits per heavy atom. The van der Waals surface area contributed by atoms with E-state index < -0.39 is 0 Å². The molecule has 0 aliphatic heterocycles. The first-order valence-corrected chi connectivity index (χ1v) is 6.63. The van der Waals surface area contributed by atoms with Gasteiger partial charge in [0.2, 0.25) is 5.91 Å². The highest BCUT2D eigenvalue weighted by Crippen LogP contribution is 2.21. The molecular formula is C15H21N3O. The molecule has 1 heterocycles. The molecule has 2 rings (SSSR count). The summed E-state index contributed by atoms with van der Waals surface area (Å²) in [6.45, 7) is 5.75. The third kappa shape index (κ3) is 3.35. The molecule has 4 heteroatoms. The Bertz CT molecular complexity index is 572. The molecule has 0 saturated carbocycles. The summed E-state index contributed by atoms with van der Waals surface area (Å²) in [7, 11) is 1.76. The smallest absolute Gasteiger partial charge is 0.238 e. The Balaban J connectivity index is 2.20. The van der Waals surface area contributed by atoms with Crippen molar-refractivity contribution in [2.45, 2.75) is 20.4 Å². The molecule has 0 atom stereocenters. The fourth-order valence-corrected chi connectivity index (χ4v) is 2.20. The van der Waals surface area contributed by atoms with Crippen LogP contribution >= 0.6 is 0 Å². The van der Waals surface area contributed by atoms with E-state index in [0.717, 1.165) is 17.6 Å². The van der Waals surface area contributed by atoms with Crippen LogP contribution in [0.4, 0.5) is 5.69 Å². The number of carbonyl (C=O) groups is 1. The zero-order valence-electron chi connectivity index (χ0n) is 11.7. The van der Waals surface area contributed by atoms with Crippen molar-refractivity contribution in [2.24, 2.45) is 5.92 Å². The maximum atomic E-state index is 11.5. The molecule has 102 valence electrons. The Morgan fingerprint density at radius 1 is 1.32 bits per heavy atom. The zero-order chi connectivity index (χ0) is 13.8. The van der Waals surface area contributed by atoms with Gasteiger partial charge in [0.1, 0.15) is 0 Å². The van der Waals surface area contributed by atoms with Crippen molar-refractivity contribution in [1.82, 2.24) is 9.88 Å². The van der Waals surface area contributed by atoms with E-state index in [4.69, 9.17) is 0 Å². The maximum Gasteiger partial charge on any atom is 0.238 e. The summed E-state index contributed by atoms with van der Waals surface area (Å²) in [4.78, 5) is 11.5. The monoisotopic (exact) mass is 259 g/mol. The van der Waals surface area contributed by atoms with Crippen LogP contribution in [0.3, 0.4) is 0 Å². The van der Waals surface area contributed by atoms with Crippen LogP contribution < -0.4 is 10.6 Å². The van der Waals surface area contributed by atoms with Gasteiger partial charge in [0.15, 0.2) is 0 Å². The molecule has 0 radical (unpaired) electrons. The minimum absolute atomic E-state index is 0.0246. The van der Waals surface area contributed by atoms with Crippen LogP contribution in [0.1, 0.15) is 13.8 Å². The van der Waals surface area contributed by atoms with Crippen LogP contribution in [-0.2, 0) is 11.3 Å². The standard InChI is InChI=1S/C15H21N3O/c1-11(2)10-18-7-6-12-8-13(4-5-14(12)18)17-15(19)9-16-3/h4-8,11,16H,9-10H2,1-3H3,(H,17,19). The van der Waals surface area contributed by atoms with Crippen LogP contribution in [0.5, 0.6) is 0 Å². The number of hydrogen-bond donors (Lipinski definition) is 2. The fourth-order valence-electron chi connectivity index (χ4n) is 2.20. The molecule has 0 fully saturated rings. The Kier molecular flexibility index (Phi) is 4.22. The van der Waals surface area contributed by atoms with Gasteiger partial charge in [-0.25, -0.2) is 0 Å². The van der Waals surface area contributed by atoms with E-state index in [1.54, 1.807) is 7.05 Å². The van der Waals surface area contributed by atoms with Crippen LogP contribution in [0.2, 0.25) is 0 Å². The largest absolute Gasteiger partial charge is 0.347 e. The first-order valence-electron chi connectivity index (χ1n) is 6.63. The van der Waals surface area contributed by atoms with Crippen molar-refractivity contribution in [3.8, 4) is 0 Å². The molecule has 0 bridgehead atoms. The number of anilines is 1. The van der Waals surface area contributed by atoms with Gasteiger partial charge in [-0.3, -0.25) is 4.79 Å². The summed E-state index contributed by atoms with van der Waals surface area (Å²) < 4.78 is 2.25. The third-order valence-corrected chi connectivity index (χ3v) is 2.95. The molecule has 0 saturated heterocycles. The molecule has 1 aromatic carbocycles. The zero-order valence-corrected chi connectivity index (χ0v) is 11.7. The Labute approximate surface area is 113 Å². The van der Waals surface area contributed by atoms with E-state index in [1.807, 2.05) is 12.1 Å². The van der Waals surface area contributed by atoms with E-state index in [2.05, 4.69) is 47.4 Å². The van der Waals surface area contributed by atoms with E-state index in [-0.39, 0.29) is 5.91 Å². The minimum Gasteiger partial charge on any atom is -0.347 e. The summed E-state index contributed by atoms with van der Waals surface area (Å²) in [5, 5.41) is 6.86. The first-order chi connectivity index (χ1) is 9.10. The predicted octanol–water partition coefficient (Wildman–Crippen LogP) is 2.46. The SMILES string of the molecule is CNCC(=O)Nc1ccc2c(ccn2CC(C)C)c1. The normalized spacial score (nSPS) is 11.2. The van der Waals surface area contributed by atoms with Crippen LogP contribution in [0, 0.1) is 5.92 Å². The van der Waals surface area contributed by atoms with Gasteiger partial charge in [-0.2, -0.15) is 0 Å². The molecule has 0 spiro atoms. The fraction of sp³-hybridized carbons (Fsp3) is 0.400. The van der Waals surface area contributed by atoms with Gasteiger partial charge >= 0.3 is 0 Å². The van der Waals surface area contributed by atoms with Gasteiger partial charge in [-0.15, -0.1) is 0 Å². The van der Waals surface area contributed by atoms with Crippen molar-refractivity contribution < 1.29 is 4.79 Å². The molecular weight excluding hydrogens is 238 g/mol. The highest BCUT2D eigenvalue weighted by Gasteiger charge is 2.05. The van der Waals surface area contributed by atoms with Gasteiger partial charge < -0.3 is 15.2 Å². The number of fused-ring (bicyclic) bond motifs is 1. The van der Waals surface area contributed by atoms with E-state index >= 15 is 0 Å². The maximum absolute atomic E-state index is 11.5. The van der Waals surface area contributed by atoms with Crippen LogP contribution in [0.15, 0.2) is 30.5 Å². The number of carbonyl (C=O) groups excluding carboxylic acids is 1. The lowest BCUT2D eigenvalue weighted by atomic mass is 10.2. The number of likely N-dealkylation sites (N-methyl/N-ethyl adjacent to an activating group) is 1. The molecule has 0 unspecified atom stereocenters. The molecule has 2 aromatic rings. The molecule has 4 nitrogen and oxygen atoms in total. The molecule has 0 aliphatic carbocycles. The van der Waals surface area contributed by atoms with Crippen molar-refractivity contribution in [3.63, 3.8) is 0 Å². The number of benzene rings is 1. The number of nitrogens with one attached hydrogen (secondary N) is 2. The van der Waals surface area contributed by atoms with E-state index in [9.17, 15) is 4.79 Å². The van der Waals surface area contributed by atoms with Gasteiger partial charge in [-0.05, 0) is 37.2 Å². The van der Waals surface area contributed by atoms with E-state index in [1.165, 1.54) is 5.52 Å². The highest BCUT2D eigenvalue weighted by molar-refractivity contribution is 5.95. The number of hydrogen-bond acceptors (Lipinski definition) is 2. The highest BCUT2D eigenvalue weighted by atomic mass is 16.1. The van der Waals surface area contributed by atoms with Crippen LogP contribution in [-0.4, -0.2) is 24.1 Å².